The van der Waals surface area contributed by atoms with Crippen molar-refractivity contribution in [3.8, 4) is 0 Å². The first-order valence-electron chi connectivity index (χ1n) is 6.07. The number of hydrogen-bond acceptors (Lipinski definition) is 6. The van der Waals surface area contributed by atoms with E-state index >= 15 is 0 Å². The summed E-state index contributed by atoms with van der Waals surface area (Å²) in [6.45, 7) is 0. The zero-order chi connectivity index (χ0) is 15.1. The van der Waals surface area contributed by atoms with Crippen LogP contribution in [-0.2, 0) is 14.3 Å². The van der Waals surface area contributed by atoms with Crippen LogP contribution in [0, 0.1) is 0 Å². The minimum atomic E-state index is -0.396. The Morgan fingerprint density at radius 1 is 1.33 bits per heavy atom. The molecule has 21 heavy (non-hydrogen) atoms. The molecule has 1 aliphatic heterocycles. The van der Waals surface area contributed by atoms with Gasteiger partial charge in [-0.05, 0) is 17.2 Å². The van der Waals surface area contributed by atoms with Crippen molar-refractivity contribution >= 4 is 41.1 Å². The molecule has 0 aromatic heterocycles. The van der Waals surface area contributed by atoms with Crippen LogP contribution in [0.1, 0.15) is 11.1 Å². The highest BCUT2D eigenvalue weighted by molar-refractivity contribution is 8.15. The lowest BCUT2D eigenvalue weighted by Gasteiger charge is -1.95. The van der Waals surface area contributed by atoms with Crippen molar-refractivity contribution in [2.24, 2.45) is 10.2 Å². The van der Waals surface area contributed by atoms with Gasteiger partial charge in [-0.2, -0.15) is 5.10 Å². The first-order valence-corrected chi connectivity index (χ1v) is 7.06. The summed E-state index contributed by atoms with van der Waals surface area (Å²) >= 11 is 1.32. The average Bonchev–Trinajstić information content (AvgIpc) is 2.91. The van der Waals surface area contributed by atoms with Crippen molar-refractivity contribution in [3.63, 3.8) is 0 Å². The third-order valence-corrected chi connectivity index (χ3v) is 3.35. The summed E-state index contributed by atoms with van der Waals surface area (Å²) in [5, 5.41) is 10.9. The molecule has 0 aliphatic carbocycles. The molecule has 2 rings (SSSR count). The summed E-state index contributed by atoms with van der Waals surface area (Å²) in [5.41, 5.74) is 1.74. The lowest BCUT2D eigenvalue weighted by atomic mass is 10.1. The monoisotopic (exact) mass is 303 g/mol. The molecule has 1 saturated heterocycles. The Morgan fingerprint density at radius 2 is 2.05 bits per heavy atom. The predicted molar refractivity (Wildman–Crippen MR) is 83.1 cm³/mol. The van der Waals surface area contributed by atoms with Crippen LogP contribution in [0.2, 0.25) is 0 Å². The maximum atomic E-state index is 11.0. The fourth-order valence-electron chi connectivity index (χ4n) is 1.45. The van der Waals surface area contributed by atoms with Crippen molar-refractivity contribution in [2.45, 2.75) is 0 Å². The molecule has 108 valence electrons. The second-order valence-electron chi connectivity index (χ2n) is 4.01. The molecule has 6 nitrogen and oxygen atoms in total. The topological polar surface area (TPSA) is 80.1 Å². The van der Waals surface area contributed by atoms with E-state index in [0.29, 0.717) is 10.9 Å². The van der Waals surface area contributed by atoms with Gasteiger partial charge in [0.25, 0.3) is 0 Å². The molecular weight excluding hydrogens is 290 g/mol. The van der Waals surface area contributed by atoms with Gasteiger partial charge in [-0.15, -0.1) is 5.10 Å². The number of ether oxygens (including phenoxy) is 1. The molecule has 0 unspecified atom stereocenters. The highest BCUT2D eigenvalue weighted by Gasteiger charge is 2.15. The number of amidine groups is 1. The summed E-state index contributed by atoms with van der Waals surface area (Å²) in [5.74, 6) is -0.0708. The molecule has 0 radical (unpaired) electrons. The molecule has 1 fully saturated rings. The van der Waals surface area contributed by atoms with Gasteiger partial charge >= 0.3 is 5.97 Å². The zero-order valence-electron chi connectivity index (χ0n) is 11.3. The summed E-state index contributed by atoms with van der Waals surface area (Å²) < 4.78 is 4.51. The fraction of sp³-hybridized carbons (Fsp3) is 0.143. The number of hydrogen-bond donors (Lipinski definition) is 1. The van der Waals surface area contributed by atoms with Gasteiger partial charge in [0.15, 0.2) is 5.17 Å². The van der Waals surface area contributed by atoms with Gasteiger partial charge in [0.2, 0.25) is 5.91 Å². The third kappa shape index (κ3) is 4.88. The van der Waals surface area contributed by atoms with E-state index in [1.807, 2.05) is 24.3 Å². The lowest BCUT2D eigenvalue weighted by Crippen LogP contribution is -2.19. The van der Waals surface area contributed by atoms with Crippen molar-refractivity contribution < 1.29 is 14.3 Å². The smallest absolute Gasteiger partial charge is 0.330 e. The van der Waals surface area contributed by atoms with E-state index in [4.69, 9.17) is 0 Å². The number of benzene rings is 1. The minimum absolute atomic E-state index is 0.0595. The molecule has 1 amide bonds. The van der Waals surface area contributed by atoms with E-state index in [1.54, 1.807) is 12.3 Å². The van der Waals surface area contributed by atoms with Gasteiger partial charge in [0, 0.05) is 6.08 Å². The van der Waals surface area contributed by atoms with Crippen LogP contribution in [0.15, 0.2) is 40.5 Å². The number of amides is 1. The van der Waals surface area contributed by atoms with Gasteiger partial charge < -0.3 is 10.1 Å². The normalized spacial score (nSPS) is 16.8. The van der Waals surface area contributed by atoms with Crippen molar-refractivity contribution in [1.82, 2.24) is 5.32 Å². The van der Waals surface area contributed by atoms with Crippen LogP contribution in [0.3, 0.4) is 0 Å². The van der Waals surface area contributed by atoms with Gasteiger partial charge in [-0.25, -0.2) is 4.79 Å². The maximum Gasteiger partial charge on any atom is 0.330 e. The minimum Gasteiger partial charge on any atom is -0.466 e. The molecule has 1 N–H and O–H groups in total. The summed E-state index contributed by atoms with van der Waals surface area (Å²) in [7, 11) is 1.33. The van der Waals surface area contributed by atoms with E-state index < -0.39 is 5.97 Å². The second-order valence-corrected chi connectivity index (χ2v) is 4.97. The molecule has 0 spiro atoms. The van der Waals surface area contributed by atoms with Gasteiger partial charge in [-0.1, -0.05) is 36.0 Å². The first kappa shape index (κ1) is 15.0. The summed E-state index contributed by atoms with van der Waals surface area (Å²) in [6, 6.07) is 7.39. The van der Waals surface area contributed by atoms with E-state index in [2.05, 4.69) is 20.3 Å². The molecule has 0 atom stereocenters. The molecule has 0 bridgehead atoms. The quantitative estimate of drug-likeness (QED) is 0.395. The largest absolute Gasteiger partial charge is 0.466 e. The fourth-order valence-corrected chi connectivity index (χ4v) is 2.08. The average molecular weight is 303 g/mol. The molecule has 1 aromatic rings. The van der Waals surface area contributed by atoms with Gasteiger partial charge in [0.05, 0.1) is 19.1 Å². The molecular formula is C14H13N3O3S. The highest BCUT2D eigenvalue weighted by Crippen LogP contribution is 2.09. The zero-order valence-corrected chi connectivity index (χ0v) is 12.1. The Hall–Kier alpha value is -2.41. The van der Waals surface area contributed by atoms with Crippen LogP contribution < -0.4 is 5.32 Å². The molecule has 1 aromatic carbocycles. The number of esters is 1. The standard InChI is InChI=1S/C14H13N3O3S/c1-20-13(19)7-6-10-2-4-11(5-3-10)8-15-17-14-16-12(18)9-21-14/h2-8H,9H2,1H3,(H,16,17,18). The first-order chi connectivity index (χ1) is 10.2. The third-order valence-electron chi connectivity index (χ3n) is 2.49. The van der Waals surface area contributed by atoms with E-state index in [0.717, 1.165) is 11.1 Å². The number of carbonyl (C=O) groups is 2. The Labute approximate surface area is 126 Å². The number of nitrogens with one attached hydrogen (secondary N) is 1. The Kier molecular flexibility index (Phi) is 5.28. The Morgan fingerprint density at radius 3 is 2.67 bits per heavy atom. The van der Waals surface area contributed by atoms with E-state index in [-0.39, 0.29) is 5.91 Å². The Bertz CT molecular complexity index is 621. The van der Waals surface area contributed by atoms with Crippen molar-refractivity contribution in [3.05, 3.63) is 41.5 Å². The van der Waals surface area contributed by atoms with Crippen LogP contribution in [-0.4, -0.2) is 36.1 Å². The van der Waals surface area contributed by atoms with Crippen LogP contribution in [0.4, 0.5) is 0 Å². The highest BCUT2D eigenvalue weighted by atomic mass is 32.2. The number of thioether (sulfide) groups is 1. The number of methoxy groups -OCH3 is 1. The van der Waals surface area contributed by atoms with Crippen LogP contribution in [0.25, 0.3) is 6.08 Å². The van der Waals surface area contributed by atoms with Gasteiger partial charge in [0.1, 0.15) is 0 Å². The van der Waals surface area contributed by atoms with Crippen LogP contribution >= 0.6 is 11.8 Å². The predicted octanol–water partition coefficient (Wildman–Crippen LogP) is 1.43. The van der Waals surface area contributed by atoms with E-state index in [9.17, 15) is 9.59 Å². The number of rotatable bonds is 4. The molecule has 1 heterocycles. The van der Waals surface area contributed by atoms with Crippen molar-refractivity contribution in [2.75, 3.05) is 12.9 Å². The molecule has 7 heteroatoms. The van der Waals surface area contributed by atoms with Gasteiger partial charge in [-0.3, -0.25) is 4.79 Å². The molecule has 1 aliphatic rings. The second kappa shape index (κ2) is 7.39. The lowest BCUT2D eigenvalue weighted by molar-refractivity contribution is -0.134. The Balaban J connectivity index is 1.94. The number of carbonyl (C=O) groups excluding carboxylic acids is 2. The molecule has 0 saturated carbocycles. The van der Waals surface area contributed by atoms with Crippen LogP contribution in [0.5, 0.6) is 0 Å². The summed E-state index contributed by atoms with van der Waals surface area (Å²) in [4.78, 5) is 21.9. The summed E-state index contributed by atoms with van der Waals surface area (Å²) in [6.07, 6.45) is 4.61. The van der Waals surface area contributed by atoms with Crippen molar-refractivity contribution in [1.29, 1.82) is 0 Å². The van der Waals surface area contributed by atoms with E-state index in [1.165, 1.54) is 24.9 Å². The number of nitrogens with zero attached hydrogens (tertiary/aromatic N) is 2. The SMILES string of the molecule is COC(=O)C=Cc1ccc(C=NN=C2NC(=O)CS2)cc1. The maximum absolute atomic E-state index is 11.0.